The van der Waals surface area contributed by atoms with Gasteiger partial charge in [-0.1, -0.05) is 6.07 Å². The van der Waals surface area contributed by atoms with Crippen molar-refractivity contribution in [2.75, 3.05) is 4.72 Å². The second kappa shape index (κ2) is 5.80. The molecule has 108 valence electrons. The number of anilines is 1. The average Bonchev–Trinajstić information content (AvgIpc) is 2.76. The highest BCUT2D eigenvalue weighted by Gasteiger charge is 2.24. The van der Waals surface area contributed by atoms with Gasteiger partial charge in [0.2, 0.25) is 0 Å². The molecule has 0 saturated carbocycles. The van der Waals surface area contributed by atoms with Crippen molar-refractivity contribution in [3.63, 3.8) is 0 Å². The Morgan fingerprint density at radius 3 is 2.75 bits per heavy atom. The summed E-state index contributed by atoms with van der Waals surface area (Å²) in [6.07, 6.45) is 0. The number of aryl methyl sites for hydroxylation is 1. The maximum Gasteiger partial charge on any atom is 0.263 e. The lowest BCUT2D eigenvalue weighted by molar-refractivity contribution is 0.282. The number of para-hydroxylation sites is 1. The molecule has 0 bridgehead atoms. The first-order chi connectivity index (χ1) is 9.36. The molecule has 4 nitrogen and oxygen atoms in total. The van der Waals surface area contributed by atoms with E-state index in [2.05, 4.69) is 20.7 Å². The second-order valence-electron chi connectivity index (χ2n) is 4.03. The van der Waals surface area contributed by atoms with Crippen LogP contribution in [-0.4, -0.2) is 13.5 Å². The van der Waals surface area contributed by atoms with Crippen molar-refractivity contribution in [1.82, 2.24) is 0 Å². The number of benzene rings is 1. The SMILES string of the molecule is Cc1csc(CO)c1S(=O)(=O)Nc1c(F)cccc1Br. The van der Waals surface area contributed by atoms with Crippen LogP contribution in [0.5, 0.6) is 0 Å². The largest absolute Gasteiger partial charge is 0.391 e. The van der Waals surface area contributed by atoms with Crippen molar-refractivity contribution in [2.45, 2.75) is 18.4 Å². The Balaban J connectivity index is 2.49. The highest BCUT2D eigenvalue weighted by molar-refractivity contribution is 9.10. The van der Waals surface area contributed by atoms with E-state index in [1.165, 1.54) is 12.1 Å². The summed E-state index contributed by atoms with van der Waals surface area (Å²) in [5.74, 6) is -0.679. The molecule has 0 spiro atoms. The number of sulfonamides is 1. The van der Waals surface area contributed by atoms with Gasteiger partial charge in [0.1, 0.15) is 10.7 Å². The fourth-order valence-electron chi connectivity index (χ4n) is 1.74. The molecule has 2 N–H and O–H groups in total. The molecule has 0 atom stereocenters. The average molecular weight is 380 g/mol. The topological polar surface area (TPSA) is 66.4 Å². The quantitative estimate of drug-likeness (QED) is 0.856. The molecule has 8 heteroatoms. The lowest BCUT2D eigenvalue weighted by atomic mass is 10.3. The molecule has 1 aromatic carbocycles. The van der Waals surface area contributed by atoms with Gasteiger partial charge in [0.05, 0.1) is 17.2 Å². The number of nitrogens with one attached hydrogen (secondary N) is 1. The zero-order valence-corrected chi connectivity index (χ0v) is 13.6. The minimum atomic E-state index is -3.96. The Morgan fingerprint density at radius 1 is 1.45 bits per heavy atom. The number of thiophene rings is 1. The van der Waals surface area contributed by atoms with Crippen LogP contribution in [0.2, 0.25) is 0 Å². The first-order valence-corrected chi connectivity index (χ1v) is 8.67. The smallest absolute Gasteiger partial charge is 0.263 e. The molecule has 2 aromatic rings. The number of aliphatic hydroxyl groups excluding tert-OH is 1. The van der Waals surface area contributed by atoms with E-state index in [0.717, 1.165) is 17.4 Å². The number of halogens is 2. The lowest BCUT2D eigenvalue weighted by Gasteiger charge is -2.11. The van der Waals surface area contributed by atoms with Crippen LogP contribution >= 0.6 is 27.3 Å². The highest BCUT2D eigenvalue weighted by atomic mass is 79.9. The summed E-state index contributed by atoms with van der Waals surface area (Å²) in [6, 6.07) is 4.16. The van der Waals surface area contributed by atoms with Gasteiger partial charge in [-0.25, -0.2) is 12.8 Å². The summed E-state index contributed by atoms with van der Waals surface area (Å²) in [5.41, 5.74) is 0.362. The summed E-state index contributed by atoms with van der Waals surface area (Å²) < 4.78 is 41.0. The Morgan fingerprint density at radius 2 is 2.15 bits per heavy atom. The predicted octanol–water partition coefficient (Wildman–Crippen LogP) is 3.25. The minimum Gasteiger partial charge on any atom is -0.391 e. The maximum absolute atomic E-state index is 13.7. The molecular weight excluding hydrogens is 369 g/mol. The van der Waals surface area contributed by atoms with Crippen LogP contribution in [0.25, 0.3) is 0 Å². The third kappa shape index (κ3) is 2.88. The molecule has 20 heavy (non-hydrogen) atoms. The van der Waals surface area contributed by atoms with Crippen molar-refractivity contribution in [3.8, 4) is 0 Å². The zero-order chi connectivity index (χ0) is 14.9. The lowest BCUT2D eigenvalue weighted by Crippen LogP contribution is -2.16. The molecule has 0 aliphatic heterocycles. The normalized spacial score (nSPS) is 11.6. The number of hydrogen-bond donors (Lipinski definition) is 2. The van der Waals surface area contributed by atoms with Gasteiger partial charge < -0.3 is 5.11 Å². The van der Waals surface area contributed by atoms with Crippen molar-refractivity contribution in [1.29, 1.82) is 0 Å². The number of aliphatic hydroxyl groups is 1. The van der Waals surface area contributed by atoms with E-state index in [1.54, 1.807) is 12.3 Å². The monoisotopic (exact) mass is 379 g/mol. The summed E-state index contributed by atoms with van der Waals surface area (Å²) in [5, 5.41) is 10.8. The van der Waals surface area contributed by atoms with Gasteiger partial charge >= 0.3 is 0 Å². The molecule has 2 rings (SSSR count). The molecule has 1 heterocycles. The van der Waals surface area contributed by atoms with Crippen LogP contribution < -0.4 is 4.72 Å². The molecule has 0 saturated heterocycles. The molecule has 1 aromatic heterocycles. The van der Waals surface area contributed by atoms with Gasteiger partial charge in [-0.15, -0.1) is 11.3 Å². The number of rotatable bonds is 4. The fraction of sp³-hybridized carbons (Fsp3) is 0.167. The molecule has 0 radical (unpaired) electrons. The van der Waals surface area contributed by atoms with E-state index in [-0.39, 0.29) is 17.2 Å². The predicted molar refractivity (Wildman–Crippen MR) is 79.9 cm³/mol. The summed E-state index contributed by atoms with van der Waals surface area (Å²) in [6.45, 7) is 1.24. The van der Waals surface area contributed by atoms with Gasteiger partial charge in [0.25, 0.3) is 10.0 Å². The Labute approximate surface area is 128 Å². The Bertz CT molecular complexity index is 723. The van der Waals surface area contributed by atoms with E-state index < -0.39 is 15.8 Å². The maximum atomic E-state index is 13.7. The molecule has 0 aliphatic carbocycles. The summed E-state index contributed by atoms with van der Waals surface area (Å²) in [4.78, 5) is 0.322. The minimum absolute atomic E-state index is 0.000142. The Kier molecular flexibility index (Phi) is 4.48. The van der Waals surface area contributed by atoms with Crippen LogP contribution in [0.1, 0.15) is 10.4 Å². The van der Waals surface area contributed by atoms with Gasteiger partial charge in [-0.3, -0.25) is 4.72 Å². The summed E-state index contributed by atoms with van der Waals surface area (Å²) >= 11 is 4.25. The van der Waals surface area contributed by atoms with Crippen LogP contribution in [0.4, 0.5) is 10.1 Å². The second-order valence-corrected chi connectivity index (χ2v) is 7.47. The Hall–Kier alpha value is -0.960. The van der Waals surface area contributed by atoms with Crippen molar-refractivity contribution in [2.24, 2.45) is 0 Å². The first kappa shape index (κ1) is 15.4. The van der Waals surface area contributed by atoms with E-state index >= 15 is 0 Å². The van der Waals surface area contributed by atoms with E-state index in [9.17, 15) is 17.9 Å². The molecule has 0 fully saturated rings. The zero-order valence-electron chi connectivity index (χ0n) is 10.4. The van der Waals surface area contributed by atoms with Gasteiger partial charge in [0.15, 0.2) is 0 Å². The van der Waals surface area contributed by atoms with Crippen LogP contribution in [0.15, 0.2) is 32.9 Å². The molecule has 0 aliphatic rings. The molecule has 0 unspecified atom stereocenters. The van der Waals surface area contributed by atoms with Crippen LogP contribution in [0.3, 0.4) is 0 Å². The van der Waals surface area contributed by atoms with E-state index in [4.69, 9.17) is 0 Å². The highest BCUT2D eigenvalue weighted by Crippen LogP contribution is 2.32. The number of hydrogen-bond acceptors (Lipinski definition) is 4. The van der Waals surface area contributed by atoms with Crippen molar-refractivity contribution >= 4 is 43.0 Å². The van der Waals surface area contributed by atoms with E-state index in [0.29, 0.717) is 14.9 Å². The van der Waals surface area contributed by atoms with Gasteiger partial charge in [-0.2, -0.15) is 0 Å². The van der Waals surface area contributed by atoms with Crippen LogP contribution in [-0.2, 0) is 16.6 Å². The van der Waals surface area contributed by atoms with E-state index in [1.807, 2.05) is 0 Å². The van der Waals surface area contributed by atoms with Crippen LogP contribution in [0, 0.1) is 12.7 Å². The third-order valence-electron chi connectivity index (χ3n) is 2.60. The van der Waals surface area contributed by atoms with Gasteiger partial charge in [-0.05, 0) is 45.9 Å². The molecular formula is C12H11BrFNO3S2. The summed E-state index contributed by atoms with van der Waals surface area (Å²) in [7, 11) is -3.96. The standard InChI is InChI=1S/C12H11BrFNO3S2/c1-7-6-19-10(5-16)12(7)20(17,18)15-11-8(13)3-2-4-9(11)14/h2-4,6,15-16H,5H2,1H3. The van der Waals surface area contributed by atoms with Gasteiger partial charge in [0, 0.05) is 4.47 Å². The van der Waals surface area contributed by atoms with Crippen molar-refractivity contribution in [3.05, 3.63) is 44.3 Å². The molecule has 0 amide bonds. The van der Waals surface area contributed by atoms with Crippen molar-refractivity contribution < 1.29 is 17.9 Å². The fourth-order valence-corrected chi connectivity index (χ4v) is 5.06. The third-order valence-corrected chi connectivity index (χ3v) is 6.06. The first-order valence-electron chi connectivity index (χ1n) is 5.51.